The van der Waals surface area contributed by atoms with Gasteiger partial charge in [-0.3, -0.25) is 4.79 Å². The van der Waals surface area contributed by atoms with E-state index in [4.69, 9.17) is 0 Å². The maximum absolute atomic E-state index is 12.4. The molecule has 1 atom stereocenters. The van der Waals surface area contributed by atoms with E-state index in [1.54, 1.807) is 0 Å². The Balaban J connectivity index is 1.59. The van der Waals surface area contributed by atoms with Gasteiger partial charge in [0.25, 0.3) is 0 Å². The number of hydrogen-bond acceptors (Lipinski definition) is 5. The number of aryl methyl sites for hydroxylation is 1. The van der Waals surface area contributed by atoms with Gasteiger partial charge in [0.1, 0.15) is 0 Å². The minimum Gasteiger partial charge on any atom is -0.353 e. The molecular formula is C23H26N4OS. The first kappa shape index (κ1) is 21.0. The lowest BCUT2D eigenvalue weighted by molar-refractivity contribution is -0.118. The summed E-state index contributed by atoms with van der Waals surface area (Å²) >= 11 is 1.36. The lowest BCUT2D eigenvalue weighted by atomic mass is 10.1. The Bertz CT molecular complexity index is 932. The van der Waals surface area contributed by atoms with Crippen LogP contribution in [0.3, 0.4) is 0 Å². The quantitative estimate of drug-likeness (QED) is 0.453. The maximum atomic E-state index is 12.4. The molecule has 150 valence electrons. The summed E-state index contributed by atoms with van der Waals surface area (Å²) in [6, 6.07) is 22.3. The lowest BCUT2D eigenvalue weighted by Gasteiger charge is -2.25. The predicted octanol–water partition coefficient (Wildman–Crippen LogP) is 3.96. The third kappa shape index (κ3) is 6.14. The van der Waals surface area contributed by atoms with Crippen LogP contribution in [0, 0.1) is 6.92 Å². The maximum Gasteiger partial charge on any atom is 0.230 e. The van der Waals surface area contributed by atoms with Crippen LogP contribution in [-0.2, 0) is 4.79 Å². The molecule has 2 aromatic carbocycles. The molecule has 0 aliphatic carbocycles. The van der Waals surface area contributed by atoms with E-state index >= 15 is 0 Å². The number of thioether (sulfide) groups is 1. The van der Waals surface area contributed by atoms with Crippen LogP contribution < -0.4 is 5.32 Å². The molecule has 0 saturated carbocycles. The van der Waals surface area contributed by atoms with Crippen molar-refractivity contribution in [1.29, 1.82) is 0 Å². The van der Waals surface area contributed by atoms with Crippen molar-refractivity contribution in [3.63, 3.8) is 0 Å². The summed E-state index contributed by atoms with van der Waals surface area (Å²) in [4.78, 5) is 23.6. The summed E-state index contributed by atoms with van der Waals surface area (Å²) in [5, 5.41) is 3.65. The van der Waals surface area contributed by atoms with Gasteiger partial charge in [0.05, 0.1) is 17.5 Å². The van der Waals surface area contributed by atoms with Crippen molar-refractivity contribution >= 4 is 17.7 Å². The molecule has 0 saturated heterocycles. The number of amides is 1. The summed E-state index contributed by atoms with van der Waals surface area (Å²) in [6.45, 7) is 2.50. The first-order valence-electron chi connectivity index (χ1n) is 9.55. The molecule has 0 aliphatic rings. The smallest absolute Gasteiger partial charge is 0.230 e. The number of likely N-dealkylation sites (N-methyl/N-ethyl adjacent to an activating group) is 1. The number of carbonyl (C=O) groups is 1. The fraction of sp³-hybridized carbons (Fsp3) is 0.261. The largest absolute Gasteiger partial charge is 0.353 e. The second kappa shape index (κ2) is 10.2. The molecule has 0 aliphatic heterocycles. The highest BCUT2D eigenvalue weighted by atomic mass is 32.2. The van der Waals surface area contributed by atoms with Gasteiger partial charge in [-0.1, -0.05) is 72.4 Å². The zero-order chi connectivity index (χ0) is 20.6. The minimum atomic E-state index is -0.0239. The SMILES string of the molecule is Cc1cc(-c2ccccc2)nc(SCC(=O)NC[C@@H](c2ccccc2)N(C)C)n1. The van der Waals surface area contributed by atoms with Crippen LogP contribution in [0.5, 0.6) is 0 Å². The third-order valence-corrected chi connectivity index (χ3v) is 5.38. The van der Waals surface area contributed by atoms with E-state index in [0.29, 0.717) is 11.7 Å². The normalized spacial score (nSPS) is 12.0. The Morgan fingerprint density at radius 1 is 1.03 bits per heavy atom. The summed E-state index contributed by atoms with van der Waals surface area (Å²) < 4.78 is 0. The zero-order valence-electron chi connectivity index (χ0n) is 17.0. The van der Waals surface area contributed by atoms with E-state index in [9.17, 15) is 4.79 Å². The average Bonchev–Trinajstić information content (AvgIpc) is 2.73. The van der Waals surface area contributed by atoms with Gasteiger partial charge in [-0.15, -0.1) is 0 Å². The Morgan fingerprint density at radius 3 is 2.34 bits per heavy atom. The molecule has 5 nitrogen and oxygen atoms in total. The molecule has 1 heterocycles. The number of aromatic nitrogens is 2. The van der Waals surface area contributed by atoms with Gasteiger partial charge in [0, 0.05) is 17.8 Å². The number of nitrogens with zero attached hydrogens (tertiary/aromatic N) is 3. The zero-order valence-corrected chi connectivity index (χ0v) is 17.8. The lowest BCUT2D eigenvalue weighted by Crippen LogP contribution is -2.35. The number of benzene rings is 2. The van der Waals surface area contributed by atoms with E-state index in [2.05, 4.69) is 32.3 Å². The fourth-order valence-electron chi connectivity index (χ4n) is 3.03. The van der Waals surface area contributed by atoms with Gasteiger partial charge in [-0.25, -0.2) is 9.97 Å². The Labute approximate surface area is 176 Å². The van der Waals surface area contributed by atoms with Crippen LogP contribution >= 0.6 is 11.8 Å². The molecule has 0 radical (unpaired) electrons. The van der Waals surface area contributed by atoms with Gasteiger partial charge >= 0.3 is 0 Å². The molecule has 1 N–H and O–H groups in total. The molecule has 3 rings (SSSR count). The fourth-order valence-corrected chi connectivity index (χ4v) is 3.76. The summed E-state index contributed by atoms with van der Waals surface area (Å²) in [6.07, 6.45) is 0. The molecular weight excluding hydrogens is 380 g/mol. The van der Waals surface area contributed by atoms with Gasteiger partial charge in [0.2, 0.25) is 5.91 Å². The van der Waals surface area contributed by atoms with Gasteiger partial charge in [-0.05, 0) is 32.6 Å². The first-order chi connectivity index (χ1) is 14.0. The van der Waals surface area contributed by atoms with E-state index in [1.807, 2.05) is 75.6 Å². The van der Waals surface area contributed by atoms with Crippen LogP contribution in [0.25, 0.3) is 11.3 Å². The van der Waals surface area contributed by atoms with Crippen molar-refractivity contribution < 1.29 is 4.79 Å². The summed E-state index contributed by atoms with van der Waals surface area (Å²) in [5.74, 6) is 0.260. The van der Waals surface area contributed by atoms with E-state index in [1.165, 1.54) is 17.3 Å². The number of hydrogen-bond donors (Lipinski definition) is 1. The number of carbonyl (C=O) groups excluding carboxylic acids is 1. The molecule has 0 bridgehead atoms. The van der Waals surface area contributed by atoms with Crippen molar-refractivity contribution in [2.45, 2.75) is 18.1 Å². The van der Waals surface area contributed by atoms with E-state index in [0.717, 1.165) is 17.0 Å². The van der Waals surface area contributed by atoms with E-state index < -0.39 is 0 Å². The highest BCUT2D eigenvalue weighted by molar-refractivity contribution is 7.99. The Morgan fingerprint density at radius 2 is 1.69 bits per heavy atom. The third-order valence-electron chi connectivity index (χ3n) is 4.54. The summed E-state index contributed by atoms with van der Waals surface area (Å²) in [5.41, 5.74) is 3.98. The molecule has 3 aromatic rings. The topological polar surface area (TPSA) is 58.1 Å². The van der Waals surface area contributed by atoms with Crippen molar-refractivity contribution in [2.75, 3.05) is 26.4 Å². The predicted molar refractivity (Wildman–Crippen MR) is 119 cm³/mol. The number of nitrogens with one attached hydrogen (secondary N) is 1. The van der Waals surface area contributed by atoms with Crippen LogP contribution in [0.2, 0.25) is 0 Å². The highest BCUT2D eigenvalue weighted by Gasteiger charge is 2.15. The first-order valence-corrected chi connectivity index (χ1v) is 10.5. The van der Waals surface area contributed by atoms with Crippen molar-refractivity contribution in [2.24, 2.45) is 0 Å². The van der Waals surface area contributed by atoms with Gasteiger partial charge < -0.3 is 10.2 Å². The van der Waals surface area contributed by atoms with Crippen molar-refractivity contribution in [1.82, 2.24) is 20.2 Å². The van der Waals surface area contributed by atoms with Crippen LogP contribution in [0.1, 0.15) is 17.3 Å². The molecule has 1 aromatic heterocycles. The van der Waals surface area contributed by atoms with Crippen molar-refractivity contribution in [3.8, 4) is 11.3 Å². The van der Waals surface area contributed by atoms with Crippen LogP contribution in [0.15, 0.2) is 71.9 Å². The molecule has 6 heteroatoms. The molecule has 0 spiro atoms. The second-order valence-corrected chi connectivity index (χ2v) is 7.97. The summed E-state index contributed by atoms with van der Waals surface area (Å²) in [7, 11) is 4.04. The average molecular weight is 407 g/mol. The van der Waals surface area contributed by atoms with Crippen LogP contribution in [-0.4, -0.2) is 47.2 Å². The molecule has 0 fully saturated rings. The standard InChI is InChI=1S/C23H26N4OS/c1-17-14-20(18-10-6-4-7-11-18)26-23(25-17)29-16-22(28)24-15-21(27(2)3)19-12-8-5-9-13-19/h4-14,21H,15-16H2,1-3H3,(H,24,28)/t21-/m0/s1. The molecule has 0 unspecified atom stereocenters. The van der Waals surface area contributed by atoms with Gasteiger partial charge in [0.15, 0.2) is 5.16 Å². The van der Waals surface area contributed by atoms with E-state index in [-0.39, 0.29) is 17.7 Å². The minimum absolute atomic E-state index is 0.0239. The van der Waals surface area contributed by atoms with Gasteiger partial charge in [-0.2, -0.15) is 0 Å². The highest BCUT2D eigenvalue weighted by Crippen LogP contribution is 2.22. The molecule has 29 heavy (non-hydrogen) atoms. The Kier molecular flexibility index (Phi) is 7.38. The Hall–Kier alpha value is -2.70. The molecule has 1 amide bonds. The monoisotopic (exact) mass is 406 g/mol. The van der Waals surface area contributed by atoms with Crippen molar-refractivity contribution in [3.05, 3.63) is 78.0 Å². The number of rotatable bonds is 8. The van der Waals surface area contributed by atoms with Crippen LogP contribution in [0.4, 0.5) is 0 Å². The second-order valence-electron chi connectivity index (χ2n) is 7.03.